The molecular formula is C16H23N3O4. The molecule has 23 heavy (non-hydrogen) atoms. The maximum Gasteiger partial charge on any atom is 0.259 e. The van der Waals surface area contributed by atoms with Crippen LogP contribution in [-0.2, 0) is 20.9 Å². The first-order valence-electron chi connectivity index (χ1n) is 7.58. The van der Waals surface area contributed by atoms with E-state index >= 15 is 0 Å². The molecule has 0 radical (unpaired) electrons. The Morgan fingerprint density at radius 2 is 2.26 bits per heavy atom. The lowest BCUT2D eigenvalue weighted by Gasteiger charge is -2.22. The van der Waals surface area contributed by atoms with E-state index in [1.165, 1.54) is 4.90 Å². The van der Waals surface area contributed by atoms with Crippen LogP contribution in [0.5, 0.6) is 5.75 Å². The van der Waals surface area contributed by atoms with Crippen LogP contribution >= 0.6 is 0 Å². The number of nitrogens with one attached hydrogen (secondary N) is 2. The predicted octanol–water partition coefficient (Wildman–Crippen LogP) is -0.242. The van der Waals surface area contributed by atoms with Gasteiger partial charge < -0.3 is 25.0 Å². The number of carbonyl (C=O) groups is 2. The van der Waals surface area contributed by atoms with Gasteiger partial charge >= 0.3 is 0 Å². The highest BCUT2D eigenvalue weighted by Gasteiger charge is 2.21. The van der Waals surface area contributed by atoms with Crippen LogP contribution in [0.25, 0.3) is 0 Å². The first-order valence-corrected chi connectivity index (χ1v) is 7.58. The van der Waals surface area contributed by atoms with Crippen LogP contribution in [-0.4, -0.2) is 63.2 Å². The van der Waals surface area contributed by atoms with Gasteiger partial charge in [-0.05, 0) is 17.7 Å². The summed E-state index contributed by atoms with van der Waals surface area (Å²) in [5.74, 6) is 0.361. The Labute approximate surface area is 135 Å². The van der Waals surface area contributed by atoms with E-state index in [1.54, 1.807) is 20.2 Å². The Hall–Kier alpha value is -2.12. The SMILES string of the molecule is CN(C)C(=O)COc1cccc(CNC(=O)C2CNCCO2)c1. The summed E-state index contributed by atoms with van der Waals surface area (Å²) in [6, 6.07) is 7.31. The van der Waals surface area contributed by atoms with Crippen LogP contribution in [0.3, 0.4) is 0 Å². The summed E-state index contributed by atoms with van der Waals surface area (Å²) >= 11 is 0. The fourth-order valence-electron chi connectivity index (χ4n) is 2.06. The molecule has 1 aliphatic heterocycles. The quantitative estimate of drug-likeness (QED) is 0.756. The summed E-state index contributed by atoms with van der Waals surface area (Å²) in [6.45, 7) is 2.22. The maximum absolute atomic E-state index is 12.0. The number of morpholine rings is 1. The summed E-state index contributed by atoms with van der Waals surface area (Å²) < 4.78 is 10.9. The number of likely N-dealkylation sites (N-methyl/N-ethyl adjacent to an activating group) is 1. The summed E-state index contributed by atoms with van der Waals surface area (Å²) in [6.07, 6.45) is -0.444. The van der Waals surface area contributed by atoms with Crippen molar-refractivity contribution in [3.8, 4) is 5.75 Å². The monoisotopic (exact) mass is 321 g/mol. The Balaban J connectivity index is 1.82. The van der Waals surface area contributed by atoms with Gasteiger partial charge in [-0.2, -0.15) is 0 Å². The number of rotatable bonds is 6. The molecule has 2 N–H and O–H groups in total. The smallest absolute Gasteiger partial charge is 0.259 e. The van der Waals surface area contributed by atoms with Crippen molar-refractivity contribution in [3.63, 3.8) is 0 Å². The van der Waals surface area contributed by atoms with E-state index < -0.39 is 6.10 Å². The summed E-state index contributed by atoms with van der Waals surface area (Å²) in [7, 11) is 3.36. The number of benzene rings is 1. The molecule has 2 rings (SSSR count). The summed E-state index contributed by atoms with van der Waals surface area (Å²) in [4.78, 5) is 25.0. The van der Waals surface area contributed by atoms with Crippen molar-refractivity contribution in [2.45, 2.75) is 12.6 Å². The first kappa shape index (κ1) is 17.2. The largest absolute Gasteiger partial charge is 0.484 e. The molecule has 7 nitrogen and oxygen atoms in total. The van der Waals surface area contributed by atoms with Crippen molar-refractivity contribution in [2.75, 3.05) is 40.4 Å². The number of carbonyl (C=O) groups excluding carboxylic acids is 2. The van der Waals surface area contributed by atoms with E-state index in [9.17, 15) is 9.59 Å². The molecule has 2 amide bonds. The van der Waals surface area contributed by atoms with E-state index in [2.05, 4.69) is 10.6 Å². The van der Waals surface area contributed by atoms with Crippen molar-refractivity contribution >= 4 is 11.8 Å². The molecule has 1 aromatic carbocycles. The van der Waals surface area contributed by atoms with Gasteiger partial charge in [0, 0.05) is 33.7 Å². The molecule has 0 bridgehead atoms. The predicted molar refractivity (Wildman–Crippen MR) is 85.1 cm³/mol. The normalized spacial score (nSPS) is 17.4. The standard InChI is InChI=1S/C16H23N3O4/c1-19(2)15(20)11-23-13-5-3-4-12(8-13)9-18-16(21)14-10-17-6-7-22-14/h3-5,8,14,17H,6-7,9-11H2,1-2H3,(H,18,21). The van der Waals surface area contributed by atoms with E-state index in [-0.39, 0.29) is 18.4 Å². The van der Waals surface area contributed by atoms with Crippen LogP contribution in [0, 0.1) is 0 Å². The minimum atomic E-state index is -0.444. The molecule has 1 fully saturated rings. The van der Waals surface area contributed by atoms with E-state index in [0.29, 0.717) is 25.4 Å². The minimum Gasteiger partial charge on any atom is -0.484 e. The topological polar surface area (TPSA) is 79.9 Å². The van der Waals surface area contributed by atoms with E-state index in [1.807, 2.05) is 18.2 Å². The maximum atomic E-state index is 12.0. The van der Waals surface area contributed by atoms with Crippen LogP contribution in [0.2, 0.25) is 0 Å². The van der Waals surface area contributed by atoms with Gasteiger partial charge in [-0.1, -0.05) is 12.1 Å². The van der Waals surface area contributed by atoms with Gasteiger partial charge in [-0.15, -0.1) is 0 Å². The van der Waals surface area contributed by atoms with Crippen molar-refractivity contribution < 1.29 is 19.1 Å². The van der Waals surface area contributed by atoms with Crippen molar-refractivity contribution in [2.24, 2.45) is 0 Å². The zero-order valence-electron chi connectivity index (χ0n) is 13.5. The Kier molecular flexibility index (Phi) is 6.37. The van der Waals surface area contributed by atoms with Crippen LogP contribution < -0.4 is 15.4 Å². The van der Waals surface area contributed by atoms with Gasteiger partial charge in [0.1, 0.15) is 11.9 Å². The average molecular weight is 321 g/mol. The lowest BCUT2D eigenvalue weighted by Crippen LogP contribution is -2.47. The molecular weight excluding hydrogens is 298 g/mol. The summed E-state index contributed by atoms with van der Waals surface area (Å²) in [5, 5.41) is 5.96. The highest BCUT2D eigenvalue weighted by Crippen LogP contribution is 2.13. The molecule has 1 unspecified atom stereocenters. The third-order valence-electron chi connectivity index (χ3n) is 3.45. The lowest BCUT2D eigenvalue weighted by molar-refractivity contribution is -0.134. The zero-order valence-corrected chi connectivity index (χ0v) is 13.5. The number of hydrogen-bond acceptors (Lipinski definition) is 5. The number of nitrogens with zero attached hydrogens (tertiary/aromatic N) is 1. The Morgan fingerprint density at radius 1 is 1.43 bits per heavy atom. The van der Waals surface area contributed by atoms with Gasteiger partial charge in [-0.25, -0.2) is 0 Å². The molecule has 126 valence electrons. The number of ether oxygens (including phenoxy) is 2. The third-order valence-corrected chi connectivity index (χ3v) is 3.45. The molecule has 0 spiro atoms. The summed E-state index contributed by atoms with van der Waals surface area (Å²) in [5.41, 5.74) is 0.900. The molecule has 1 aromatic rings. The lowest BCUT2D eigenvalue weighted by atomic mass is 10.2. The van der Waals surface area contributed by atoms with Crippen molar-refractivity contribution in [3.05, 3.63) is 29.8 Å². The Morgan fingerprint density at radius 3 is 2.96 bits per heavy atom. The van der Waals surface area contributed by atoms with Crippen LogP contribution in [0.4, 0.5) is 0 Å². The minimum absolute atomic E-state index is 0.00953. The second-order valence-corrected chi connectivity index (χ2v) is 5.51. The zero-order chi connectivity index (χ0) is 16.7. The fraction of sp³-hybridized carbons (Fsp3) is 0.500. The van der Waals surface area contributed by atoms with Crippen molar-refractivity contribution in [1.29, 1.82) is 0 Å². The van der Waals surface area contributed by atoms with Gasteiger partial charge in [0.05, 0.1) is 6.61 Å². The van der Waals surface area contributed by atoms with Gasteiger partial charge in [0.25, 0.3) is 11.8 Å². The first-order chi connectivity index (χ1) is 11.1. The Bertz CT molecular complexity index is 542. The molecule has 1 atom stereocenters. The molecule has 1 saturated heterocycles. The second kappa shape index (κ2) is 8.50. The van der Waals surface area contributed by atoms with Crippen molar-refractivity contribution in [1.82, 2.24) is 15.5 Å². The van der Waals surface area contributed by atoms with Crippen LogP contribution in [0.1, 0.15) is 5.56 Å². The average Bonchev–Trinajstić information content (AvgIpc) is 2.58. The highest BCUT2D eigenvalue weighted by atomic mass is 16.5. The fourth-order valence-corrected chi connectivity index (χ4v) is 2.06. The molecule has 0 aromatic heterocycles. The van der Waals surface area contributed by atoms with Gasteiger partial charge in [-0.3, -0.25) is 9.59 Å². The third kappa shape index (κ3) is 5.54. The van der Waals surface area contributed by atoms with E-state index in [4.69, 9.17) is 9.47 Å². The molecule has 0 saturated carbocycles. The second-order valence-electron chi connectivity index (χ2n) is 5.51. The molecule has 1 heterocycles. The molecule has 0 aliphatic carbocycles. The van der Waals surface area contributed by atoms with Crippen LogP contribution in [0.15, 0.2) is 24.3 Å². The molecule has 1 aliphatic rings. The number of hydrogen-bond donors (Lipinski definition) is 2. The van der Waals surface area contributed by atoms with Gasteiger partial charge in [0.2, 0.25) is 0 Å². The number of amides is 2. The van der Waals surface area contributed by atoms with E-state index in [0.717, 1.165) is 12.1 Å². The van der Waals surface area contributed by atoms with Gasteiger partial charge in [0.15, 0.2) is 6.61 Å². The molecule has 7 heteroatoms. The highest BCUT2D eigenvalue weighted by molar-refractivity contribution is 5.81.